The SMILES string of the molecule is CC(C)(C)CNc1nc(N)ncc1[N+](=O)[O-]. The van der Waals surface area contributed by atoms with E-state index in [1.54, 1.807) is 0 Å². The Labute approximate surface area is 93.2 Å². The summed E-state index contributed by atoms with van der Waals surface area (Å²) >= 11 is 0. The van der Waals surface area contributed by atoms with E-state index in [1.165, 1.54) is 0 Å². The molecular formula is C9H15N5O2. The Bertz CT molecular complexity index is 399. The molecule has 0 fully saturated rings. The zero-order valence-corrected chi connectivity index (χ0v) is 9.52. The molecule has 88 valence electrons. The van der Waals surface area contributed by atoms with E-state index in [2.05, 4.69) is 15.3 Å². The summed E-state index contributed by atoms with van der Waals surface area (Å²) < 4.78 is 0. The minimum atomic E-state index is -0.537. The fourth-order valence-electron chi connectivity index (χ4n) is 1.00. The van der Waals surface area contributed by atoms with Crippen LogP contribution in [0.15, 0.2) is 6.20 Å². The minimum Gasteiger partial charge on any atom is -0.368 e. The van der Waals surface area contributed by atoms with Crippen LogP contribution in [0.25, 0.3) is 0 Å². The van der Waals surface area contributed by atoms with Gasteiger partial charge in [0.05, 0.1) is 4.92 Å². The number of nitrogens with one attached hydrogen (secondary N) is 1. The number of nitro groups is 1. The molecule has 0 radical (unpaired) electrons. The van der Waals surface area contributed by atoms with Crippen LogP contribution in [0.5, 0.6) is 0 Å². The van der Waals surface area contributed by atoms with Crippen LogP contribution in [0.4, 0.5) is 17.5 Å². The van der Waals surface area contributed by atoms with Gasteiger partial charge in [-0.3, -0.25) is 10.1 Å². The summed E-state index contributed by atoms with van der Waals surface area (Å²) in [6.07, 6.45) is 1.10. The molecule has 1 heterocycles. The van der Waals surface area contributed by atoms with Gasteiger partial charge < -0.3 is 11.1 Å². The first-order valence-corrected chi connectivity index (χ1v) is 4.80. The first-order valence-electron chi connectivity index (χ1n) is 4.80. The summed E-state index contributed by atoms with van der Waals surface area (Å²) in [4.78, 5) is 17.6. The molecule has 3 N–H and O–H groups in total. The molecule has 0 bridgehead atoms. The number of rotatable bonds is 3. The van der Waals surface area contributed by atoms with E-state index in [0.29, 0.717) is 6.54 Å². The van der Waals surface area contributed by atoms with Gasteiger partial charge in [0.15, 0.2) is 0 Å². The molecule has 1 rings (SSSR count). The molecule has 0 atom stereocenters. The summed E-state index contributed by atoms with van der Waals surface area (Å²) in [5, 5.41) is 13.6. The molecule has 1 aromatic heterocycles. The van der Waals surface area contributed by atoms with Crippen molar-refractivity contribution in [2.75, 3.05) is 17.6 Å². The van der Waals surface area contributed by atoms with Gasteiger partial charge in [0.25, 0.3) is 0 Å². The van der Waals surface area contributed by atoms with E-state index in [0.717, 1.165) is 6.20 Å². The highest BCUT2D eigenvalue weighted by Crippen LogP contribution is 2.23. The first-order chi connectivity index (χ1) is 7.29. The van der Waals surface area contributed by atoms with Crippen LogP contribution >= 0.6 is 0 Å². The van der Waals surface area contributed by atoms with E-state index in [9.17, 15) is 10.1 Å². The van der Waals surface area contributed by atoms with Crippen molar-refractivity contribution >= 4 is 17.5 Å². The van der Waals surface area contributed by atoms with Gasteiger partial charge >= 0.3 is 5.69 Å². The molecule has 0 saturated heterocycles. The maximum atomic E-state index is 10.7. The Kier molecular flexibility index (Phi) is 3.26. The highest BCUT2D eigenvalue weighted by atomic mass is 16.6. The van der Waals surface area contributed by atoms with Crippen LogP contribution < -0.4 is 11.1 Å². The minimum absolute atomic E-state index is 0.00637. The third-order valence-electron chi connectivity index (χ3n) is 1.77. The van der Waals surface area contributed by atoms with Gasteiger partial charge in [0, 0.05) is 6.54 Å². The molecule has 0 unspecified atom stereocenters. The maximum absolute atomic E-state index is 10.7. The number of anilines is 2. The van der Waals surface area contributed by atoms with E-state index < -0.39 is 4.92 Å². The summed E-state index contributed by atoms with van der Waals surface area (Å²) in [6.45, 7) is 6.59. The largest absolute Gasteiger partial charge is 0.368 e. The lowest BCUT2D eigenvalue weighted by atomic mass is 9.97. The fraction of sp³-hybridized carbons (Fsp3) is 0.556. The second-order valence-corrected chi connectivity index (χ2v) is 4.63. The number of nitrogens with zero attached hydrogens (tertiary/aromatic N) is 3. The predicted molar refractivity (Wildman–Crippen MR) is 61.0 cm³/mol. The maximum Gasteiger partial charge on any atom is 0.329 e. The van der Waals surface area contributed by atoms with Gasteiger partial charge in [0.1, 0.15) is 6.20 Å². The third kappa shape index (κ3) is 3.34. The predicted octanol–water partition coefficient (Wildman–Crippen LogP) is 1.42. The summed E-state index contributed by atoms with van der Waals surface area (Å²) in [7, 11) is 0. The number of nitrogen functional groups attached to an aromatic ring is 1. The van der Waals surface area contributed by atoms with E-state index in [4.69, 9.17) is 5.73 Å². The second-order valence-electron chi connectivity index (χ2n) is 4.63. The Morgan fingerprint density at radius 1 is 1.56 bits per heavy atom. The van der Waals surface area contributed by atoms with Crippen LogP contribution in [0.1, 0.15) is 20.8 Å². The smallest absolute Gasteiger partial charge is 0.329 e. The van der Waals surface area contributed by atoms with Crippen LogP contribution in [-0.2, 0) is 0 Å². The van der Waals surface area contributed by atoms with Gasteiger partial charge in [-0.15, -0.1) is 0 Å². The summed E-state index contributed by atoms with van der Waals surface area (Å²) in [5.41, 5.74) is 5.21. The third-order valence-corrected chi connectivity index (χ3v) is 1.77. The molecule has 16 heavy (non-hydrogen) atoms. The van der Waals surface area contributed by atoms with Gasteiger partial charge in [-0.05, 0) is 5.41 Å². The standard InChI is InChI=1S/C9H15N5O2/c1-9(2,3)5-12-7-6(14(15)16)4-11-8(10)13-7/h4H,5H2,1-3H3,(H3,10,11,12,13). The van der Waals surface area contributed by atoms with Gasteiger partial charge in [-0.2, -0.15) is 4.98 Å². The van der Waals surface area contributed by atoms with E-state index in [1.807, 2.05) is 20.8 Å². The quantitative estimate of drug-likeness (QED) is 0.595. The average Bonchev–Trinajstić information content (AvgIpc) is 2.13. The average molecular weight is 225 g/mol. The topological polar surface area (TPSA) is 107 Å². The highest BCUT2D eigenvalue weighted by Gasteiger charge is 2.18. The molecule has 0 spiro atoms. The number of hydrogen-bond acceptors (Lipinski definition) is 6. The van der Waals surface area contributed by atoms with Crippen molar-refractivity contribution in [2.45, 2.75) is 20.8 Å². The number of hydrogen-bond donors (Lipinski definition) is 2. The van der Waals surface area contributed by atoms with Crippen LogP contribution in [0.3, 0.4) is 0 Å². The number of aromatic nitrogens is 2. The zero-order valence-electron chi connectivity index (χ0n) is 9.52. The van der Waals surface area contributed by atoms with Crippen molar-refractivity contribution < 1.29 is 4.92 Å². The Balaban J connectivity index is 2.93. The Morgan fingerprint density at radius 3 is 2.69 bits per heavy atom. The van der Waals surface area contributed by atoms with Crippen molar-refractivity contribution in [2.24, 2.45) is 5.41 Å². The van der Waals surface area contributed by atoms with Crippen LogP contribution in [-0.4, -0.2) is 21.4 Å². The molecular weight excluding hydrogens is 210 g/mol. The van der Waals surface area contributed by atoms with Gasteiger partial charge in [-0.25, -0.2) is 4.98 Å². The lowest BCUT2D eigenvalue weighted by molar-refractivity contribution is -0.384. The molecule has 1 aromatic rings. The summed E-state index contributed by atoms with van der Waals surface area (Å²) in [5.74, 6) is 0.175. The Hall–Kier alpha value is -1.92. The molecule has 0 aliphatic carbocycles. The van der Waals surface area contributed by atoms with Crippen molar-refractivity contribution in [3.05, 3.63) is 16.3 Å². The lowest BCUT2D eigenvalue weighted by Gasteiger charge is -2.18. The van der Waals surface area contributed by atoms with Gasteiger partial charge in [-0.1, -0.05) is 20.8 Å². The van der Waals surface area contributed by atoms with E-state index >= 15 is 0 Å². The van der Waals surface area contributed by atoms with Crippen molar-refractivity contribution in [1.82, 2.24) is 9.97 Å². The van der Waals surface area contributed by atoms with Crippen LogP contribution in [0.2, 0.25) is 0 Å². The zero-order chi connectivity index (χ0) is 12.3. The molecule has 0 aliphatic heterocycles. The monoisotopic (exact) mass is 225 g/mol. The number of nitrogens with two attached hydrogens (primary N) is 1. The Morgan fingerprint density at radius 2 is 2.19 bits per heavy atom. The first kappa shape index (κ1) is 12.2. The molecule has 7 heteroatoms. The highest BCUT2D eigenvalue weighted by molar-refractivity contribution is 5.56. The van der Waals surface area contributed by atoms with Crippen molar-refractivity contribution in [3.8, 4) is 0 Å². The summed E-state index contributed by atoms with van der Waals surface area (Å²) in [6, 6.07) is 0. The van der Waals surface area contributed by atoms with E-state index in [-0.39, 0.29) is 22.9 Å². The molecule has 7 nitrogen and oxygen atoms in total. The molecule has 0 amide bonds. The molecule has 0 aliphatic rings. The van der Waals surface area contributed by atoms with Crippen molar-refractivity contribution in [3.63, 3.8) is 0 Å². The van der Waals surface area contributed by atoms with Crippen LogP contribution in [0, 0.1) is 15.5 Å². The molecule has 0 aromatic carbocycles. The van der Waals surface area contributed by atoms with Crippen molar-refractivity contribution in [1.29, 1.82) is 0 Å². The molecule has 0 saturated carbocycles. The fourth-order valence-corrected chi connectivity index (χ4v) is 1.00. The second kappa shape index (κ2) is 4.30. The normalized spacial score (nSPS) is 11.2. The van der Waals surface area contributed by atoms with Gasteiger partial charge in [0.2, 0.25) is 11.8 Å². The lowest BCUT2D eigenvalue weighted by Crippen LogP contribution is -2.20.